The predicted molar refractivity (Wildman–Crippen MR) is 63.6 cm³/mol. The highest BCUT2D eigenvalue weighted by Gasteiger charge is 2.19. The highest BCUT2D eigenvalue weighted by atomic mass is 16.5. The number of nitrogens with zero attached hydrogens (tertiary/aromatic N) is 1. The second-order valence-corrected chi connectivity index (χ2v) is 4.57. The van der Waals surface area contributed by atoms with E-state index in [4.69, 9.17) is 4.74 Å². The maximum Gasteiger partial charge on any atom is 0.354 e. The number of methoxy groups -OCH3 is 1. The van der Waals surface area contributed by atoms with Gasteiger partial charge in [-0.3, -0.25) is 0 Å². The molecule has 0 unspecified atom stereocenters. The number of carbonyl (C=O) groups excluding carboxylic acids is 1. The van der Waals surface area contributed by atoms with Crippen LogP contribution in [0.25, 0.3) is 0 Å². The molecule has 0 aliphatic carbocycles. The summed E-state index contributed by atoms with van der Waals surface area (Å²) in [6, 6.07) is 3.76. The molecule has 0 aromatic carbocycles. The lowest BCUT2D eigenvalue weighted by Crippen LogP contribution is -2.38. The van der Waals surface area contributed by atoms with Gasteiger partial charge >= 0.3 is 5.97 Å². The summed E-state index contributed by atoms with van der Waals surface area (Å²) in [5, 5.41) is 3.24. The summed E-state index contributed by atoms with van der Waals surface area (Å²) < 4.78 is 6.59. The average Bonchev–Trinajstić information content (AvgIpc) is 2.59. The molecular formula is C12H20N2O2. The lowest BCUT2D eigenvalue weighted by atomic mass is 9.99. The lowest BCUT2D eigenvalue weighted by molar-refractivity contribution is 0.0589. The molecule has 0 saturated carbocycles. The van der Waals surface area contributed by atoms with Gasteiger partial charge in [0.1, 0.15) is 5.69 Å². The maximum atomic E-state index is 11.4. The molecule has 1 N–H and O–H groups in total. The van der Waals surface area contributed by atoms with Gasteiger partial charge in [0, 0.05) is 24.7 Å². The zero-order chi connectivity index (χ0) is 12.3. The molecule has 90 valence electrons. The van der Waals surface area contributed by atoms with E-state index in [-0.39, 0.29) is 11.5 Å². The van der Waals surface area contributed by atoms with Crippen molar-refractivity contribution >= 4 is 5.97 Å². The van der Waals surface area contributed by atoms with Gasteiger partial charge in [0.2, 0.25) is 0 Å². The smallest absolute Gasteiger partial charge is 0.354 e. The quantitative estimate of drug-likeness (QED) is 0.785. The second-order valence-electron chi connectivity index (χ2n) is 4.57. The highest BCUT2D eigenvalue weighted by molar-refractivity contribution is 5.87. The van der Waals surface area contributed by atoms with Crippen molar-refractivity contribution < 1.29 is 9.53 Å². The molecule has 4 nitrogen and oxygen atoms in total. The minimum Gasteiger partial charge on any atom is -0.464 e. The van der Waals surface area contributed by atoms with Gasteiger partial charge in [-0.2, -0.15) is 0 Å². The fourth-order valence-corrected chi connectivity index (χ4v) is 1.58. The van der Waals surface area contributed by atoms with Crippen LogP contribution in [0.4, 0.5) is 0 Å². The van der Waals surface area contributed by atoms with Crippen LogP contribution in [0.3, 0.4) is 0 Å². The number of hydrogen-bond donors (Lipinski definition) is 1. The third-order valence-electron chi connectivity index (χ3n) is 2.92. The Morgan fingerprint density at radius 3 is 2.62 bits per heavy atom. The third kappa shape index (κ3) is 2.64. The van der Waals surface area contributed by atoms with E-state index in [0.717, 1.165) is 12.1 Å². The number of carbonyl (C=O) groups is 1. The molecule has 0 aliphatic heterocycles. The Balaban J connectivity index is 2.92. The molecule has 0 spiro atoms. The first-order chi connectivity index (χ1) is 7.41. The van der Waals surface area contributed by atoms with Crippen molar-refractivity contribution in [2.75, 3.05) is 14.2 Å². The zero-order valence-corrected chi connectivity index (χ0v) is 10.6. The molecule has 0 radical (unpaired) electrons. The van der Waals surface area contributed by atoms with Crippen molar-refractivity contribution in [3.63, 3.8) is 0 Å². The normalized spacial score (nSPS) is 11.6. The van der Waals surface area contributed by atoms with Crippen molar-refractivity contribution in [2.24, 2.45) is 7.05 Å². The number of esters is 1. The van der Waals surface area contributed by atoms with Gasteiger partial charge in [-0.1, -0.05) is 0 Å². The SMILES string of the molecule is CNC(C)(C)Cc1ccc(C(=O)OC)n1C. The summed E-state index contributed by atoms with van der Waals surface area (Å²) >= 11 is 0. The summed E-state index contributed by atoms with van der Waals surface area (Å²) in [6.45, 7) is 4.25. The monoisotopic (exact) mass is 224 g/mol. The van der Waals surface area contributed by atoms with Crippen LogP contribution >= 0.6 is 0 Å². The zero-order valence-electron chi connectivity index (χ0n) is 10.6. The summed E-state index contributed by atoms with van der Waals surface area (Å²) in [7, 11) is 5.21. The van der Waals surface area contributed by atoms with Crippen molar-refractivity contribution in [3.8, 4) is 0 Å². The van der Waals surface area contributed by atoms with Gasteiger partial charge < -0.3 is 14.6 Å². The van der Waals surface area contributed by atoms with Crippen LogP contribution in [-0.4, -0.2) is 30.2 Å². The average molecular weight is 224 g/mol. The Morgan fingerprint density at radius 2 is 2.12 bits per heavy atom. The Kier molecular flexibility index (Phi) is 3.75. The lowest BCUT2D eigenvalue weighted by Gasteiger charge is -2.24. The molecule has 0 aliphatic rings. The molecule has 1 rings (SSSR count). The van der Waals surface area contributed by atoms with Crippen molar-refractivity contribution in [3.05, 3.63) is 23.5 Å². The number of ether oxygens (including phenoxy) is 1. The fraction of sp³-hybridized carbons (Fsp3) is 0.583. The van der Waals surface area contributed by atoms with Crippen molar-refractivity contribution in [2.45, 2.75) is 25.8 Å². The summed E-state index contributed by atoms with van der Waals surface area (Å²) in [6.07, 6.45) is 0.858. The molecule has 0 bridgehead atoms. The summed E-state index contributed by atoms with van der Waals surface area (Å²) in [5.41, 5.74) is 1.71. The topological polar surface area (TPSA) is 43.3 Å². The minimum atomic E-state index is -0.295. The first kappa shape index (κ1) is 12.8. The first-order valence-corrected chi connectivity index (χ1v) is 5.33. The van der Waals surface area contributed by atoms with Gasteiger partial charge in [-0.05, 0) is 33.0 Å². The second kappa shape index (κ2) is 4.70. The Hall–Kier alpha value is -1.29. The third-order valence-corrected chi connectivity index (χ3v) is 2.92. The van der Waals surface area contributed by atoms with Gasteiger partial charge in [-0.25, -0.2) is 4.79 Å². The molecule has 4 heteroatoms. The number of nitrogens with one attached hydrogen (secondary N) is 1. The van der Waals surface area contributed by atoms with E-state index in [9.17, 15) is 4.79 Å². The predicted octanol–water partition coefficient (Wildman–Crippen LogP) is 1.35. The van der Waals surface area contributed by atoms with Crippen LogP contribution in [-0.2, 0) is 18.2 Å². The molecule has 0 atom stereocenters. The van der Waals surface area contributed by atoms with Gasteiger partial charge in [-0.15, -0.1) is 0 Å². The van der Waals surface area contributed by atoms with Crippen LogP contribution < -0.4 is 5.32 Å². The standard InChI is InChI=1S/C12H20N2O2/c1-12(2,13-3)8-9-6-7-10(14(9)4)11(15)16-5/h6-7,13H,8H2,1-5H3. The molecule has 0 fully saturated rings. The van der Waals surface area contributed by atoms with E-state index < -0.39 is 0 Å². The summed E-state index contributed by atoms with van der Waals surface area (Å²) in [4.78, 5) is 11.4. The minimum absolute atomic E-state index is 0.0134. The molecule has 0 saturated heterocycles. The van der Waals surface area contributed by atoms with Crippen LogP contribution in [0, 0.1) is 0 Å². The van der Waals surface area contributed by atoms with Crippen LogP contribution in [0.1, 0.15) is 30.0 Å². The number of aromatic nitrogens is 1. The van der Waals surface area contributed by atoms with E-state index >= 15 is 0 Å². The van der Waals surface area contributed by atoms with Crippen molar-refractivity contribution in [1.82, 2.24) is 9.88 Å². The van der Waals surface area contributed by atoms with E-state index in [1.165, 1.54) is 7.11 Å². The number of rotatable bonds is 4. The van der Waals surface area contributed by atoms with E-state index in [0.29, 0.717) is 5.69 Å². The van der Waals surface area contributed by atoms with E-state index in [2.05, 4.69) is 19.2 Å². The molecular weight excluding hydrogens is 204 g/mol. The van der Waals surface area contributed by atoms with Crippen LogP contribution in [0.5, 0.6) is 0 Å². The number of hydrogen-bond acceptors (Lipinski definition) is 3. The molecule has 16 heavy (non-hydrogen) atoms. The summed E-state index contributed by atoms with van der Waals surface area (Å²) in [5.74, 6) is -0.295. The Bertz CT molecular complexity index is 380. The maximum absolute atomic E-state index is 11.4. The molecule has 1 heterocycles. The molecule has 0 amide bonds. The highest BCUT2D eigenvalue weighted by Crippen LogP contribution is 2.15. The molecule has 1 aromatic heterocycles. The largest absolute Gasteiger partial charge is 0.464 e. The Labute approximate surface area is 96.6 Å². The van der Waals surface area contributed by atoms with E-state index in [1.807, 2.05) is 24.7 Å². The van der Waals surface area contributed by atoms with Gasteiger partial charge in [0.15, 0.2) is 0 Å². The van der Waals surface area contributed by atoms with E-state index in [1.54, 1.807) is 6.07 Å². The van der Waals surface area contributed by atoms with Gasteiger partial charge in [0.25, 0.3) is 0 Å². The fourth-order valence-electron chi connectivity index (χ4n) is 1.58. The van der Waals surface area contributed by atoms with Crippen molar-refractivity contribution in [1.29, 1.82) is 0 Å². The van der Waals surface area contributed by atoms with Crippen LogP contribution in [0.2, 0.25) is 0 Å². The number of likely N-dealkylation sites (N-methyl/N-ethyl adjacent to an activating group) is 1. The Morgan fingerprint density at radius 1 is 1.50 bits per heavy atom. The van der Waals surface area contributed by atoms with Crippen LogP contribution in [0.15, 0.2) is 12.1 Å². The molecule has 1 aromatic rings. The first-order valence-electron chi connectivity index (χ1n) is 5.33. The van der Waals surface area contributed by atoms with Gasteiger partial charge in [0.05, 0.1) is 7.11 Å².